The summed E-state index contributed by atoms with van der Waals surface area (Å²) in [4.78, 5) is 13.4. The van der Waals surface area contributed by atoms with Gasteiger partial charge >= 0.3 is 0 Å². The van der Waals surface area contributed by atoms with Crippen LogP contribution in [0.2, 0.25) is 0 Å². The number of halogens is 1. The van der Waals surface area contributed by atoms with E-state index in [-0.39, 0.29) is 5.82 Å². The maximum Gasteiger partial charge on any atom is 0.160 e. The summed E-state index contributed by atoms with van der Waals surface area (Å²) in [6, 6.07) is 13.9. The fourth-order valence-electron chi connectivity index (χ4n) is 3.16. The van der Waals surface area contributed by atoms with Crippen LogP contribution in [0.1, 0.15) is 11.4 Å². The van der Waals surface area contributed by atoms with Crippen molar-refractivity contribution >= 4 is 22.8 Å². The van der Waals surface area contributed by atoms with Crippen LogP contribution in [0.15, 0.2) is 48.5 Å². The van der Waals surface area contributed by atoms with Crippen molar-refractivity contribution in [2.75, 3.05) is 11.5 Å². The summed E-state index contributed by atoms with van der Waals surface area (Å²) in [6.45, 7) is 2.65. The zero-order valence-electron chi connectivity index (χ0n) is 14.9. The molecule has 7 heteroatoms. The number of fused-ring (bicyclic) bond motifs is 1. The molecule has 4 N–H and O–H groups in total. The van der Waals surface area contributed by atoms with Crippen molar-refractivity contribution in [3.63, 3.8) is 0 Å². The zero-order valence-corrected chi connectivity index (χ0v) is 14.9. The highest BCUT2D eigenvalue weighted by molar-refractivity contribution is 5.77. The second-order valence-electron chi connectivity index (χ2n) is 6.43. The van der Waals surface area contributed by atoms with Crippen molar-refractivity contribution in [1.82, 2.24) is 19.5 Å². The number of hydrogen-bond donors (Lipinski definition) is 2. The van der Waals surface area contributed by atoms with E-state index in [9.17, 15) is 4.39 Å². The van der Waals surface area contributed by atoms with Gasteiger partial charge in [0, 0.05) is 12.1 Å². The van der Waals surface area contributed by atoms with E-state index in [1.807, 2.05) is 19.1 Å². The Morgan fingerprint density at radius 3 is 2.33 bits per heavy atom. The third kappa shape index (κ3) is 3.44. The minimum Gasteiger partial charge on any atom is -0.384 e. The van der Waals surface area contributed by atoms with Gasteiger partial charge in [-0.1, -0.05) is 12.1 Å². The number of rotatable bonds is 4. The van der Waals surface area contributed by atoms with E-state index < -0.39 is 0 Å². The van der Waals surface area contributed by atoms with Gasteiger partial charge in [0.25, 0.3) is 0 Å². The predicted octanol–water partition coefficient (Wildman–Crippen LogP) is 3.35. The van der Waals surface area contributed by atoms with Gasteiger partial charge < -0.3 is 16.0 Å². The molecule has 0 fully saturated rings. The normalized spacial score (nSPS) is 11.2. The molecule has 0 radical (unpaired) electrons. The number of anilines is 2. The summed E-state index contributed by atoms with van der Waals surface area (Å²) >= 11 is 0. The Hall–Kier alpha value is -3.48. The van der Waals surface area contributed by atoms with Crippen LogP contribution < -0.4 is 11.5 Å². The minimum absolute atomic E-state index is 0.231. The second-order valence-corrected chi connectivity index (χ2v) is 6.43. The number of nitrogens with two attached hydrogens (primary N) is 2. The molecule has 1 aromatic carbocycles. The van der Waals surface area contributed by atoms with E-state index in [1.165, 1.54) is 12.1 Å². The van der Waals surface area contributed by atoms with Gasteiger partial charge in [0.2, 0.25) is 0 Å². The van der Waals surface area contributed by atoms with Crippen LogP contribution >= 0.6 is 0 Å². The molecule has 0 saturated heterocycles. The first-order chi connectivity index (χ1) is 13.0. The molecular formula is C20H19FN6. The lowest BCUT2D eigenvalue weighted by molar-refractivity contribution is 0.625. The Bertz CT molecular complexity index is 1100. The Balaban J connectivity index is 1.70. The molecule has 0 saturated carbocycles. The highest BCUT2D eigenvalue weighted by Crippen LogP contribution is 2.24. The molecule has 0 aliphatic heterocycles. The Kier molecular flexibility index (Phi) is 4.19. The lowest BCUT2D eigenvalue weighted by atomic mass is 10.1. The summed E-state index contributed by atoms with van der Waals surface area (Å²) in [5.41, 5.74) is 15.8. The highest BCUT2D eigenvalue weighted by atomic mass is 19.1. The van der Waals surface area contributed by atoms with Crippen LogP contribution in [0.3, 0.4) is 0 Å². The van der Waals surface area contributed by atoms with Gasteiger partial charge in [-0.05, 0) is 55.3 Å². The van der Waals surface area contributed by atoms with Gasteiger partial charge in [-0.3, -0.25) is 0 Å². The smallest absolute Gasteiger partial charge is 0.160 e. The third-order valence-corrected chi connectivity index (χ3v) is 4.48. The molecule has 3 heterocycles. The van der Waals surface area contributed by atoms with Crippen molar-refractivity contribution in [2.45, 2.75) is 19.9 Å². The van der Waals surface area contributed by atoms with E-state index in [2.05, 4.69) is 14.5 Å². The van der Waals surface area contributed by atoms with Crippen molar-refractivity contribution in [3.8, 4) is 11.3 Å². The van der Waals surface area contributed by atoms with Gasteiger partial charge in [0.1, 0.15) is 28.8 Å². The topological polar surface area (TPSA) is 95.6 Å². The van der Waals surface area contributed by atoms with Gasteiger partial charge in [-0.15, -0.1) is 0 Å². The highest BCUT2D eigenvalue weighted by Gasteiger charge is 2.11. The van der Waals surface area contributed by atoms with E-state index in [0.29, 0.717) is 18.2 Å². The average Bonchev–Trinajstić information content (AvgIpc) is 2.95. The number of imidazole rings is 1. The van der Waals surface area contributed by atoms with Gasteiger partial charge in [0.05, 0.1) is 5.69 Å². The number of hydrogen-bond acceptors (Lipinski definition) is 5. The van der Waals surface area contributed by atoms with Crippen molar-refractivity contribution in [3.05, 3.63) is 65.7 Å². The van der Waals surface area contributed by atoms with Crippen LogP contribution in [0, 0.1) is 12.7 Å². The second kappa shape index (κ2) is 6.68. The van der Waals surface area contributed by atoms with E-state index in [1.54, 1.807) is 24.3 Å². The quantitative estimate of drug-likeness (QED) is 0.580. The molecule has 0 bridgehead atoms. The van der Waals surface area contributed by atoms with Crippen LogP contribution in [0.5, 0.6) is 0 Å². The lowest BCUT2D eigenvalue weighted by Gasteiger charge is -2.08. The molecule has 0 aliphatic rings. The number of aryl methyl sites for hydroxylation is 3. The maximum absolute atomic E-state index is 13.1. The van der Waals surface area contributed by atoms with Gasteiger partial charge in [0.15, 0.2) is 5.65 Å². The largest absolute Gasteiger partial charge is 0.384 e. The molecule has 0 amide bonds. The number of nitrogens with zero attached hydrogens (tertiary/aromatic N) is 4. The minimum atomic E-state index is -0.231. The molecule has 0 atom stereocenters. The first-order valence-electron chi connectivity index (χ1n) is 8.61. The van der Waals surface area contributed by atoms with Crippen LogP contribution in [-0.4, -0.2) is 19.5 Å². The van der Waals surface area contributed by atoms with E-state index in [0.717, 1.165) is 40.2 Å². The number of benzene rings is 1. The first kappa shape index (κ1) is 17.0. The Morgan fingerprint density at radius 1 is 0.926 bits per heavy atom. The van der Waals surface area contributed by atoms with Crippen molar-refractivity contribution in [1.29, 1.82) is 0 Å². The fraction of sp³-hybridized carbons (Fsp3) is 0.150. The number of pyridine rings is 2. The van der Waals surface area contributed by atoms with Crippen molar-refractivity contribution in [2.24, 2.45) is 0 Å². The number of aromatic nitrogens is 4. The standard InChI is InChI=1S/C20H19FN6/c1-12-24-17-7-6-16(14-10-18(22)26-19(23)11-14)25-20(17)27(12)9-8-13-2-4-15(21)5-3-13/h2-7,10-11H,8-9H2,1H3,(H4,22,23,26). The van der Waals surface area contributed by atoms with Crippen molar-refractivity contribution < 1.29 is 4.39 Å². The molecule has 6 nitrogen and oxygen atoms in total. The third-order valence-electron chi connectivity index (χ3n) is 4.48. The van der Waals surface area contributed by atoms with Crippen LogP contribution in [-0.2, 0) is 13.0 Å². The molecule has 3 aromatic heterocycles. The molecule has 0 aliphatic carbocycles. The first-order valence-corrected chi connectivity index (χ1v) is 8.61. The van der Waals surface area contributed by atoms with Gasteiger partial charge in [-0.2, -0.15) is 0 Å². The molecule has 136 valence electrons. The predicted molar refractivity (Wildman–Crippen MR) is 104 cm³/mol. The molecule has 4 aromatic rings. The van der Waals surface area contributed by atoms with E-state index >= 15 is 0 Å². The Morgan fingerprint density at radius 2 is 1.63 bits per heavy atom. The summed E-state index contributed by atoms with van der Waals surface area (Å²) in [5, 5.41) is 0. The average molecular weight is 362 g/mol. The van der Waals surface area contributed by atoms with Crippen LogP contribution in [0.25, 0.3) is 22.4 Å². The summed E-state index contributed by atoms with van der Waals surface area (Å²) in [5.74, 6) is 1.36. The summed E-state index contributed by atoms with van der Waals surface area (Å²) < 4.78 is 15.2. The summed E-state index contributed by atoms with van der Waals surface area (Å²) in [6.07, 6.45) is 0.758. The van der Waals surface area contributed by atoms with Crippen LogP contribution in [0.4, 0.5) is 16.0 Å². The SMILES string of the molecule is Cc1nc2ccc(-c3cc(N)nc(N)c3)nc2n1CCc1ccc(F)cc1. The zero-order chi connectivity index (χ0) is 19.0. The molecular weight excluding hydrogens is 343 g/mol. The molecule has 27 heavy (non-hydrogen) atoms. The fourth-order valence-corrected chi connectivity index (χ4v) is 3.16. The molecule has 0 unspecified atom stereocenters. The summed E-state index contributed by atoms with van der Waals surface area (Å²) in [7, 11) is 0. The van der Waals surface area contributed by atoms with E-state index in [4.69, 9.17) is 16.5 Å². The Labute approximate surface area is 155 Å². The number of nitrogen functional groups attached to an aromatic ring is 2. The monoisotopic (exact) mass is 362 g/mol. The molecule has 0 spiro atoms. The molecule has 4 rings (SSSR count). The van der Waals surface area contributed by atoms with Gasteiger partial charge in [-0.25, -0.2) is 19.3 Å². The lowest BCUT2D eigenvalue weighted by Crippen LogP contribution is -2.05. The maximum atomic E-state index is 13.1.